The van der Waals surface area contributed by atoms with Crippen LogP contribution in [0.2, 0.25) is 0 Å². The van der Waals surface area contributed by atoms with Crippen molar-refractivity contribution in [2.24, 2.45) is 0 Å². The number of aliphatic hydroxyl groups excluding tert-OH is 1. The van der Waals surface area contributed by atoms with E-state index in [9.17, 15) is 5.11 Å². The first-order valence-electron chi connectivity index (χ1n) is 6.87. The molecule has 1 aromatic carbocycles. The Morgan fingerprint density at radius 1 is 1.32 bits per heavy atom. The number of allylic oxidation sites excluding steroid dienone is 1. The number of rotatable bonds is 5. The molecule has 0 aliphatic heterocycles. The van der Waals surface area contributed by atoms with Gasteiger partial charge in [0.2, 0.25) is 0 Å². The first-order valence-corrected chi connectivity index (χ1v) is 7.66. The fourth-order valence-corrected chi connectivity index (χ4v) is 3.03. The number of hydrogen-bond donors (Lipinski definition) is 1. The van der Waals surface area contributed by atoms with Crippen molar-refractivity contribution in [2.45, 2.75) is 44.6 Å². The van der Waals surface area contributed by atoms with Gasteiger partial charge in [-0.1, -0.05) is 27.6 Å². The van der Waals surface area contributed by atoms with Gasteiger partial charge in [0.1, 0.15) is 5.75 Å². The van der Waals surface area contributed by atoms with Crippen LogP contribution in [0.25, 0.3) is 0 Å². The van der Waals surface area contributed by atoms with Gasteiger partial charge in [-0.05, 0) is 55.9 Å². The predicted molar refractivity (Wildman–Crippen MR) is 81.6 cm³/mol. The quantitative estimate of drug-likeness (QED) is 0.820. The molecule has 3 heteroatoms. The summed E-state index contributed by atoms with van der Waals surface area (Å²) < 4.78 is 6.37. The van der Waals surface area contributed by atoms with Crippen molar-refractivity contribution in [3.63, 3.8) is 0 Å². The second-order valence-electron chi connectivity index (χ2n) is 5.13. The third-order valence-corrected chi connectivity index (χ3v) is 4.07. The Morgan fingerprint density at radius 2 is 2.16 bits per heavy atom. The monoisotopic (exact) mass is 324 g/mol. The lowest BCUT2D eigenvalue weighted by atomic mass is 9.93. The van der Waals surface area contributed by atoms with Crippen molar-refractivity contribution in [3.05, 3.63) is 39.9 Å². The number of benzene rings is 1. The van der Waals surface area contributed by atoms with E-state index in [-0.39, 0.29) is 6.10 Å². The maximum atomic E-state index is 10.3. The second-order valence-corrected chi connectivity index (χ2v) is 6.04. The van der Waals surface area contributed by atoms with E-state index in [1.165, 1.54) is 24.8 Å². The van der Waals surface area contributed by atoms with E-state index >= 15 is 0 Å². The summed E-state index contributed by atoms with van der Waals surface area (Å²) in [7, 11) is 1.67. The van der Waals surface area contributed by atoms with Gasteiger partial charge in [0.05, 0.1) is 13.2 Å². The van der Waals surface area contributed by atoms with E-state index in [0.717, 1.165) is 28.6 Å². The Morgan fingerprint density at radius 3 is 2.84 bits per heavy atom. The highest BCUT2D eigenvalue weighted by atomic mass is 79.9. The summed E-state index contributed by atoms with van der Waals surface area (Å²) in [6, 6.07) is 5.92. The zero-order chi connectivity index (χ0) is 13.7. The van der Waals surface area contributed by atoms with E-state index < -0.39 is 0 Å². The molecule has 0 radical (unpaired) electrons. The van der Waals surface area contributed by atoms with Crippen LogP contribution < -0.4 is 4.74 Å². The van der Waals surface area contributed by atoms with Crippen LogP contribution in [0.1, 0.15) is 37.7 Å². The van der Waals surface area contributed by atoms with Crippen LogP contribution in [0.5, 0.6) is 5.75 Å². The summed E-state index contributed by atoms with van der Waals surface area (Å²) in [6.07, 6.45) is 8.26. The summed E-state index contributed by atoms with van der Waals surface area (Å²) in [5.41, 5.74) is 2.47. The zero-order valence-electron chi connectivity index (χ0n) is 11.4. The normalized spacial score (nSPS) is 16.9. The van der Waals surface area contributed by atoms with Gasteiger partial charge in [-0.2, -0.15) is 0 Å². The van der Waals surface area contributed by atoms with E-state index in [0.29, 0.717) is 6.42 Å². The van der Waals surface area contributed by atoms with Gasteiger partial charge in [-0.25, -0.2) is 0 Å². The van der Waals surface area contributed by atoms with Gasteiger partial charge in [0, 0.05) is 10.9 Å². The van der Waals surface area contributed by atoms with Crippen LogP contribution in [0.15, 0.2) is 34.3 Å². The van der Waals surface area contributed by atoms with Gasteiger partial charge in [-0.3, -0.25) is 0 Å². The number of methoxy groups -OCH3 is 1. The fourth-order valence-electron chi connectivity index (χ4n) is 2.63. The van der Waals surface area contributed by atoms with Crippen molar-refractivity contribution in [1.29, 1.82) is 0 Å². The SMILES string of the molecule is COc1ccc(Br)cc1CC(O)CC1=CCCCC1. The maximum absolute atomic E-state index is 10.3. The molecule has 0 saturated carbocycles. The van der Waals surface area contributed by atoms with Gasteiger partial charge in [0.15, 0.2) is 0 Å². The van der Waals surface area contributed by atoms with Gasteiger partial charge in [0.25, 0.3) is 0 Å². The van der Waals surface area contributed by atoms with Crippen molar-refractivity contribution in [2.75, 3.05) is 7.11 Å². The Kier molecular flexibility index (Phi) is 5.46. The van der Waals surface area contributed by atoms with Crippen molar-refractivity contribution < 1.29 is 9.84 Å². The minimum absolute atomic E-state index is 0.326. The third kappa shape index (κ3) is 4.36. The summed E-state index contributed by atoms with van der Waals surface area (Å²) >= 11 is 3.47. The van der Waals surface area contributed by atoms with Crippen LogP contribution in [-0.2, 0) is 6.42 Å². The molecule has 0 bridgehead atoms. The first kappa shape index (κ1) is 14.6. The molecule has 19 heavy (non-hydrogen) atoms. The van der Waals surface area contributed by atoms with Crippen LogP contribution >= 0.6 is 15.9 Å². The molecule has 0 aromatic heterocycles. The van der Waals surface area contributed by atoms with Crippen molar-refractivity contribution in [3.8, 4) is 5.75 Å². The molecule has 1 atom stereocenters. The molecule has 1 aromatic rings. The molecule has 0 saturated heterocycles. The van der Waals surface area contributed by atoms with E-state index in [1.807, 2.05) is 18.2 Å². The molecule has 1 aliphatic carbocycles. The summed E-state index contributed by atoms with van der Waals surface area (Å²) in [4.78, 5) is 0. The molecule has 104 valence electrons. The lowest BCUT2D eigenvalue weighted by Crippen LogP contribution is -2.13. The van der Waals surface area contributed by atoms with Gasteiger partial charge in [-0.15, -0.1) is 0 Å². The minimum atomic E-state index is -0.326. The highest BCUT2D eigenvalue weighted by molar-refractivity contribution is 9.10. The molecular formula is C16H21BrO2. The molecule has 1 N–H and O–H groups in total. The van der Waals surface area contributed by atoms with E-state index in [2.05, 4.69) is 22.0 Å². The smallest absolute Gasteiger partial charge is 0.122 e. The standard InChI is InChI=1S/C16H21BrO2/c1-19-16-8-7-14(17)10-13(16)11-15(18)9-12-5-3-2-4-6-12/h5,7-8,10,15,18H,2-4,6,9,11H2,1H3. The maximum Gasteiger partial charge on any atom is 0.122 e. The predicted octanol–water partition coefficient (Wildman–Crippen LogP) is 4.25. The topological polar surface area (TPSA) is 29.5 Å². The Bertz CT molecular complexity index is 454. The summed E-state index contributed by atoms with van der Waals surface area (Å²) in [6.45, 7) is 0. The molecular weight excluding hydrogens is 304 g/mol. The van der Waals surface area contributed by atoms with Crippen molar-refractivity contribution >= 4 is 15.9 Å². The lowest BCUT2D eigenvalue weighted by Gasteiger charge is -2.18. The molecule has 1 aliphatic rings. The molecule has 1 unspecified atom stereocenters. The number of ether oxygens (including phenoxy) is 1. The zero-order valence-corrected chi connectivity index (χ0v) is 12.9. The van der Waals surface area contributed by atoms with Crippen LogP contribution in [0.4, 0.5) is 0 Å². The molecule has 0 fully saturated rings. The largest absolute Gasteiger partial charge is 0.496 e. The Balaban J connectivity index is 1.99. The number of halogens is 1. The van der Waals surface area contributed by atoms with E-state index in [4.69, 9.17) is 4.74 Å². The Labute approximate surface area is 123 Å². The molecule has 2 rings (SSSR count). The van der Waals surface area contributed by atoms with E-state index in [1.54, 1.807) is 7.11 Å². The third-order valence-electron chi connectivity index (χ3n) is 3.58. The fraction of sp³-hybridized carbons (Fsp3) is 0.500. The average Bonchev–Trinajstić information content (AvgIpc) is 2.40. The molecule has 2 nitrogen and oxygen atoms in total. The summed E-state index contributed by atoms with van der Waals surface area (Å²) in [5.74, 6) is 0.847. The first-order chi connectivity index (χ1) is 9.19. The highest BCUT2D eigenvalue weighted by Crippen LogP contribution is 2.27. The van der Waals surface area contributed by atoms with Gasteiger partial charge < -0.3 is 9.84 Å². The van der Waals surface area contributed by atoms with Crippen LogP contribution in [0.3, 0.4) is 0 Å². The molecule has 0 heterocycles. The molecule has 0 spiro atoms. The van der Waals surface area contributed by atoms with Gasteiger partial charge >= 0.3 is 0 Å². The Hall–Kier alpha value is -0.800. The summed E-state index contributed by atoms with van der Waals surface area (Å²) in [5, 5.41) is 10.3. The molecule has 0 amide bonds. The second kappa shape index (κ2) is 7.11. The lowest BCUT2D eigenvalue weighted by molar-refractivity contribution is 0.172. The van der Waals surface area contributed by atoms with Crippen molar-refractivity contribution in [1.82, 2.24) is 0 Å². The van der Waals surface area contributed by atoms with Crippen LogP contribution in [0, 0.1) is 0 Å². The highest BCUT2D eigenvalue weighted by Gasteiger charge is 2.13. The minimum Gasteiger partial charge on any atom is -0.496 e. The van der Waals surface area contributed by atoms with Crippen LogP contribution in [-0.4, -0.2) is 18.3 Å². The number of hydrogen-bond acceptors (Lipinski definition) is 2. The number of aliphatic hydroxyl groups is 1. The average molecular weight is 325 g/mol.